The molecule has 0 bridgehead atoms. The Kier molecular flexibility index (Phi) is 4.85. The zero-order valence-electron chi connectivity index (χ0n) is 18.6. The second-order valence-electron chi connectivity index (χ2n) is 9.03. The number of rotatable bonds is 4. The topological polar surface area (TPSA) is 59.9 Å². The minimum Gasteiger partial charge on any atom is -0.370 e. The quantitative estimate of drug-likeness (QED) is 0.343. The molecule has 6 rings (SSSR count). The van der Waals surface area contributed by atoms with E-state index in [-0.39, 0.29) is 5.60 Å². The molecule has 164 valence electrons. The first-order chi connectivity index (χ1) is 16.1. The molecule has 4 heterocycles. The van der Waals surface area contributed by atoms with Gasteiger partial charge < -0.3 is 10.1 Å². The summed E-state index contributed by atoms with van der Waals surface area (Å²) >= 11 is 1.67. The minimum atomic E-state index is -0.231. The third kappa shape index (κ3) is 3.65. The number of benzene rings is 2. The Balaban J connectivity index is 1.55. The van der Waals surface area contributed by atoms with Crippen LogP contribution in [0, 0.1) is 0 Å². The lowest BCUT2D eigenvalue weighted by Crippen LogP contribution is -2.32. The van der Waals surface area contributed by atoms with Crippen LogP contribution in [-0.4, -0.2) is 20.6 Å². The third-order valence-electron chi connectivity index (χ3n) is 6.18. The van der Waals surface area contributed by atoms with E-state index in [1.165, 1.54) is 16.7 Å². The molecule has 0 amide bonds. The first kappa shape index (κ1) is 20.3. The Labute approximate surface area is 196 Å². The van der Waals surface area contributed by atoms with Gasteiger partial charge in [0.05, 0.1) is 28.1 Å². The number of pyridine rings is 1. The first-order valence-electron chi connectivity index (χ1n) is 11.2. The molecule has 0 fully saturated rings. The average molecular weight is 453 g/mol. The Morgan fingerprint density at radius 3 is 2.52 bits per heavy atom. The minimum absolute atomic E-state index is 0.231. The van der Waals surface area contributed by atoms with E-state index in [1.54, 1.807) is 17.7 Å². The predicted octanol–water partition coefficient (Wildman–Crippen LogP) is 6.37. The number of anilines is 1. The lowest BCUT2D eigenvalue weighted by atomic mass is 9.88. The highest BCUT2D eigenvalue weighted by Crippen LogP contribution is 2.44. The molecule has 2 aromatic carbocycles. The van der Waals surface area contributed by atoms with Gasteiger partial charge in [0.1, 0.15) is 17.0 Å². The molecule has 0 aliphatic carbocycles. The van der Waals surface area contributed by atoms with Gasteiger partial charge in [-0.05, 0) is 25.0 Å². The van der Waals surface area contributed by atoms with Gasteiger partial charge in [0.25, 0.3) is 0 Å². The van der Waals surface area contributed by atoms with Gasteiger partial charge in [0.15, 0.2) is 0 Å². The Hall–Kier alpha value is -3.35. The first-order valence-corrected chi connectivity index (χ1v) is 12.0. The summed E-state index contributed by atoms with van der Waals surface area (Å²) in [6.45, 7) is 5.57. The molecular formula is C27H24N4OS. The summed E-state index contributed by atoms with van der Waals surface area (Å²) in [5.41, 5.74) is 6.55. The van der Waals surface area contributed by atoms with E-state index >= 15 is 0 Å². The number of aromatic nitrogens is 3. The molecule has 1 aliphatic heterocycles. The van der Waals surface area contributed by atoms with Gasteiger partial charge in [0, 0.05) is 29.5 Å². The van der Waals surface area contributed by atoms with Crippen molar-refractivity contribution in [1.82, 2.24) is 15.0 Å². The summed E-state index contributed by atoms with van der Waals surface area (Å²) in [5.74, 6) is 0.855. The molecule has 33 heavy (non-hydrogen) atoms. The third-order valence-corrected chi connectivity index (χ3v) is 7.26. The van der Waals surface area contributed by atoms with Gasteiger partial charge in [-0.15, -0.1) is 11.3 Å². The molecule has 0 spiro atoms. The van der Waals surface area contributed by atoms with Gasteiger partial charge in [0.2, 0.25) is 0 Å². The molecule has 0 saturated heterocycles. The highest BCUT2D eigenvalue weighted by molar-refractivity contribution is 7.26. The predicted molar refractivity (Wildman–Crippen MR) is 134 cm³/mol. The average Bonchev–Trinajstić information content (AvgIpc) is 3.22. The summed E-state index contributed by atoms with van der Waals surface area (Å²) in [4.78, 5) is 15.4. The number of fused-ring (bicyclic) bond motifs is 5. The highest BCUT2D eigenvalue weighted by Gasteiger charge is 2.32. The van der Waals surface area contributed by atoms with Gasteiger partial charge in [-0.2, -0.15) is 0 Å². The summed E-state index contributed by atoms with van der Waals surface area (Å²) in [7, 11) is 0. The van der Waals surface area contributed by atoms with Gasteiger partial charge in [-0.25, -0.2) is 15.0 Å². The van der Waals surface area contributed by atoms with Crippen molar-refractivity contribution in [3.63, 3.8) is 0 Å². The molecule has 6 heteroatoms. The summed E-state index contributed by atoms with van der Waals surface area (Å²) in [6, 6.07) is 20.8. The Morgan fingerprint density at radius 1 is 0.970 bits per heavy atom. The van der Waals surface area contributed by atoms with Crippen molar-refractivity contribution in [3.05, 3.63) is 83.7 Å². The maximum Gasteiger partial charge on any atom is 0.147 e. The number of hydrogen-bond donors (Lipinski definition) is 1. The van der Waals surface area contributed by atoms with Crippen LogP contribution in [0.1, 0.15) is 30.5 Å². The van der Waals surface area contributed by atoms with Crippen molar-refractivity contribution >= 4 is 37.6 Å². The van der Waals surface area contributed by atoms with Crippen molar-refractivity contribution in [2.45, 2.75) is 39.0 Å². The highest BCUT2D eigenvalue weighted by atomic mass is 32.1. The van der Waals surface area contributed by atoms with E-state index in [0.29, 0.717) is 13.2 Å². The maximum absolute atomic E-state index is 6.22. The molecule has 0 saturated carbocycles. The zero-order valence-corrected chi connectivity index (χ0v) is 19.4. The Bertz CT molecular complexity index is 1460. The molecule has 5 nitrogen and oxygen atoms in total. The lowest BCUT2D eigenvalue weighted by Gasteiger charge is -2.33. The molecule has 0 unspecified atom stereocenters. The molecular weight excluding hydrogens is 428 g/mol. The SMILES string of the molecule is CC1(C)Cc2c(c(-c3ccccc3)nc3sc4c(NCc5ccccc5)ncnc4c23)CO1. The van der Waals surface area contributed by atoms with Crippen LogP contribution in [0.4, 0.5) is 5.82 Å². The largest absolute Gasteiger partial charge is 0.370 e. The number of thiophene rings is 1. The monoisotopic (exact) mass is 452 g/mol. The number of ether oxygens (including phenoxy) is 1. The fourth-order valence-electron chi connectivity index (χ4n) is 4.55. The molecule has 0 atom stereocenters. The number of hydrogen-bond acceptors (Lipinski definition) is 6. The van der Waals surface area contributed by atoms with Crippen LogP contribution in [0.5, 0.6) is 0 Å². The molecule has 1 N–H and O–H groups in total. The van der Waals surface area contributed by atoms with Crippen molar-refractivity contribution in [2.24, 2.45) is 0 Å². The Morgan fingerprint density at radius 2 is 1.73 bits per heavy atom. The van der Waals surface area contributed by atoms with Gasteiger partial charge >= 0.3 is 0 Å². The van der Waals surface area contributed by atoms with Crippen LogP contribution < -0.4 is 5.32 Å². The van der Waals surface area contributed by atoms with E-state index in [0.717, 1.165) is 43.9 Å². The smallest absolute Gasteiger partial charge is 0.147 e. The normalized spacial score (nSPS) is 15.0. The van der Waals surface area contributed by atoms with E-state index < -0.39 is 0 Å². The van der Waals surface area contributed by atoms with Crippen LogP contribution in [-0.2, 0) is 24.3 Å². The van der Waals surface area contributed by atoms with Crippen molar-refractivity contribution < 1.29 is 4.74 Å². The van der Waals surface area contributed by atoms with Gasteiger partial charge in [-0.1, -0.05) is 60.7 Å². The fourth-order valence-corrected chi connectivity index (χ4v) is 5.67. The second-order valence-corrected chi connectivity index (χ2v) is 10.0. The fraction of sp³-hybridized carbons (Fsp3) is 0.222. The standard InChI is InChI=1S/C27H24N4OS/c1-27(2)13-19-20(15-32-27)22(18-11-7-4-8-12-18)31-26-21(19)23-24(33-26)25(30-16-29-23)28-14-17-9-5-3-6-10-17/h3-12,16H,13-15H2,1-2H3,(H,28,29,30). The van der Waals surface area contributed by atoms with E-state index in [1.807, 2.05) is 12.1 Å². The lowest BCUT2D eigenvalue weighted by molar-refractivity contribution is -0.0394. The summed E-state index contributed by atoms with van der Waals surface area (Å²) in [6.07, 6.45) is 2.48. The van der Waals surface area contributed by atoms with Crippen molar-refractivity contribution in [1.29, 1.82) is 0 Å². The summed E-state index contributed by atoms with van der Waals surface area (Å²) < 4.78 is 7.27. The van der Waals surface area contributed by atoms with Gasteiger partial charge in [-0.3, -0.25) is 0 Å². The number of nitrogens with one attached hydrogen (secondary N) is 1. The van der Waals surface area contributed by atoms with Crippen LogP contribution >= 0.6 is 11.3 Å². The van der Waals surface area contributed by atoms with Crippen molar-refractivity contribution in [3.8, 4) is 11.3 Å². The van der Waals surface area contributed by atoms with E-state index in [2.05, 4.69) is 72.7 Å². The molecule has 1 aliphatic rings. The van der Waals surface area contributed by atoms with Crippen LogP contribution in [0.25, 0.3) is 31.7 Å². The van der Waals surface area contributed by atoms with E-state index in [4.69, 9.17) is 14.7 Å². The summed E-state index contributed by atoms with van der Waals surface area (Å²) in [5, 5.41) is 4.66. The molecule has 5 aromatic rings. The molecule has 0 radical (unpaired) electrons. The molecule has 3 aromatic heterocycles. The second kappa shape index (κ2) is 7.90. The van der Waals surface area contributed by atoms with E-state index in [9.17, 15) is 0 Å². The number of nitrogens with zero attached hydrogens (tertiary/aromatic N) is 3. The van der Waals surface area contributed by atoms with Crippen LogP contribution in [0.3, 0.4) is 0 Å². The van der Waals surface area contributed by atoms with Crippen LogP contribution in [0.15, 0.2) is 67.0 Å². The van der Waals surface area contributed by atoms with Crippen LogP contribution in [0.2, 0.25) is 0 Å². The van der Waals surface area contributed by atoms with Crippen molar-refractivity contribution in [2.75, 3.05) is 5.32 Å². The maximum atomic E-state index is 6.22. The zero-order chi connectivity index (χ0) is 22.4.